The number of hydrogen-bond donors (Lipinski definition) is 0. The molecule has 4 heteroatoms. The van der Waals surface area contributed by atoms with Crippen molar-refractivity contribution in [2.24, 2.45) is 0 Å². The van der Waals surface area contributed by atoms with E-state index in [9.17, 15) is 0 Å². The smallest absolute Gasteiger partial charge is 0.124 e. The van der Waals surface area contributed by atoms with Gasteiger partial charge in [0, 0.05) is 6.07 Å². The van der Waals surface area contributed by atoms with Gasteiger partial charge >= 0.3 is 0 Å². The quantitative estimate of drug-likeness (QED) is 0.487. The molecule has 0 radical (unpaired) electrons. The highest BCUT2D eigenvalue weighted by Crippen LogP contribution is 2.57. The van der Waals surface area contributed by atoms with Crippen LogP contribution in [0.25, 0.3) is 0 Å². The molecular weight excluding hydrogens is 361 g/mol. The lowest BCUT2D eigenvalue weighted by atomic mass is 10.4. The Labute approximate surface area is 160 Å². The molecule has 2 nitrogen and oxygen atoms in total. The van der Waals surface area contributed by atoms with Crippen LogP contribution in [0.4, 0.5) is 0 Å². The summed E-state index contributed by atoms with van der Waals surface area (Å²) in [5.74, 6) is 0. The van der Waals surface area contributed by atoms with Crippen LogP contribution in [0, 0.1) is 0 Å². The van der Waals surface area contributed by atoms with Gasteiger partial charge in [0.15, 0.2) is 0 Å². The third kappa shape index (κ3) is 3.44. The van der Waals surface area contributed by atoms with Crippen LogP contribution in [-0.4, -0.2) is 5.16 Å². The highest BCUT2D eigenvalue weighted by molar-refractivity contribution is 7.95. The summed E-state index contributed by atoms with van der Waals surface area (Å²) in [6, 6.07) is 34.4. The van der Waals surface area contributed by atoms with Crippen molar-refractivity contribution in [1.29, 1.82) is 0 Å². The van der Waals surface area contributed by atoms with E-state index in [1.807, 2.05) is 6.07 Å². The number of benzene rings is 3. The minimum atomic E-state index is -1.86. The molecule has 3 aromatic carbocycles. The average molecular weight is 380 g/mol. The van der Waals surface area contributed by atoms with E-state index in [2.05, 4.69) is 96.2 Å². The Balaban J connectivity index is 0.00000196. The predicted octanol–water partition coefficient (Wildman–Crippen LogP) is 1.17. The first-order valence-electron chi connectivity index (χ1n) is 8.34. The average Bonchev–Trinajstić information content (AvgIpc) is 3.21. The summed E-state index contributed by atoms with van der Waals surface area (Å²) < 4.78 is 5.14. The number of aromatic nitrogens is 1. The molecule has 0 aliphatic carbocycles. The van der Waals surface area contributed by atoms with Crippen LogP contribution in [-0.2, 0) is 6.16 Å². The van der Waals surface area contributed by atoms with Crippen LogP contribution in [0.1, 0.15) is 5.69 Å². The number of rotatable bonds is 5. The van der Waals surface area contributed by atoms with Crippen LogP contribution in [0.2, 0.25) is 0 Å². The summed E-state index contributed by atoms with van der Waals surface area (Å²) in [5, 5.41) is 8.30. The standard InChI is InChI=1S/C22H19NOP.ClH/c1-4-10-20(11-5-1)25(18-19-16-17-24-23-19,21-12-6-2-7-13-21)22-14-8-3-9-15-22;/h1-17H,18H2;1H/q+1;/p-1. The van der Waals surface area contributed by atoms with Gasteiger partial charge in [0.25, 0.3) is 0 Å². The molecule has 0 aliphatic heterocycles. The molecule has 26 heavy (non-hydrogen) atoms. The maximum Gasteiger partial charge on any atom is 0.124 e. The zero-order valence-corrected chi connectivity index (χ0v) is 15.9. The fourth-order valence-electron chi connectivity index (χ4n) is 3.33. The third-order valence-electron chi connectivity index (χ3n) is 4.48. The molecule has 0 N–H and O–H groups in total. The third-order valence-corrected chi connectivity index (χ3v) is 8.82. The van der Waals surface area contributed by atoms with Crippen molar-refractivity contribution in [1.82, 2.24) is 5.16 Å². The van der Waals surface area contributed by atoms with E-state index in [1.54, 1.807) is 6.26 Å². The van der Waals surface area contributed by atoms with Crippen molar-refractivity contribution >= 4 is 23.2 Å². The number of nitrogens with zero attached hydrogens (tertiary/aromatic N) is 1. The lowest BCUT2D eigenvalue weighted by Gasteiger charge is -2.26. The van der Waals surface area contributed by atoms with E-state index in [0.29, 0.717) is 0 Å². The van der Waals surface area contributed by atoms with Gasteiger partial charge in [0.1, 0.15) is 41.3 Å². The molecule has 4 aromatic rings. The second-order valence-corrected chi connectivity index (χ2v) is 9.45. The zero-order valence-electron chi connectivity index (χ0n) is 14.2. The summed E-state index contributed by atoms with van der Waals surface area (Å²) >= 11 is 0. The van der Waals surface area contributed by atoms with Crippen LogP contribution < -0.4 is 28.3 Å². The molecule has 0 spiro atoms. The summed E-state index contributed by atoms with van der Waals surface area (Å²) in [6.45, 7) is 0. The molecule has 0 aliphatic rings. The SMILES string of the molecule is [Cl-].c1ccc([P+](Cc2ccon2)(c2ccccc2)c2ccccc2)cc1. The second-order valence-electron chi connectivity index (χ2n) is 5.97. The van der Waals surface area contributed by atoms with Crippen molar-refractivity contribution in [2.45, 2.75) is 6.16 Å². The van der Waals surface area contributed by atoms with E-state index >= 15 is 0 Å². The van der Waals surface area contributed by atoms with Crippen LogP contribution in [0.15, 0.2) is 108 Å². The van der Waals surface area contributed by atoms with Crippen molar-refractivity contribution in [3.8, 4) is 0 Å². The highest BCUT2D eigenvalue weighted by Gasteiger charge is 2.46. The van der Waals surface area contributed by atoms with Gasteiger partial charge in [-0.25, -0.2) is 0 Å². The second kappa shape index (κ2) is 8.31. The van der Waals surface area contributed by atoms with E-state index in [4.69, 9.17) is 4.52 Å². The van der Waals surface area contributed by atoms with Gasteiger partial charge in [-0.15, -0.1) is 0 Å². The molecule has 0 fully saturated rings. The Morgan fingerprint density at radius 2 is 1.04 bits per heavy atom. The predicted molar refractivity (Wildman–Crippen MR) is 105 cm³/mol. The highest BCUT2D eigenvalue weighted by atomic mass is 35.5. The molecule has 0 saturated heterocycles. The summed E-state index contributed by atoms with van der Waals surface area (Å²) in [5.41, 5.74) is 0.991. The molecule has 1 heterocycles. The molecule has 130 valence electrons. The Hall–Kier alpha value is -2.41. The first-order valence-corrected chi connectivity index (χ1v) is 10.3. The van der Waals surface area contributed by atoms with Gasteiger partial charge in [0.2, 0.25) is 0 Å². The van der Waals surface area contributed by atoms with Gasteiger partial charge < -0.3 is 16.9 Å². The molecule has 0 atom stereocenters. The zero-order chi connectivity index (χ0) is 17.0. The summed E-state index contributed by atoms with van der Waals surface area (Å²) in [4.78, 5) is 0. The van der Waals surface area contributed by atoms with Gasteiger partial charge in [-0.1, -0.05) is 59.8 Å². The Kier molecular flexibility index (Phi) is 5.88. The Morgan fingerprint density at radius 3 is 1.38 bits per heavy atom. The summed E-state index contributed by atoms with van der Waals surface area (Å²) in [6.07, 6.45) is 2.51. The topological polar surface area (TPSA) is 26.0 Å². The van der Waals surface area contributed by atoms with Gasteiger partial charge in [0.05, 0.1) is 0 Å². The normalized spacial score (nSPS) is 10.9. The van der Waals surface area contributed by atoms with Crippen LogP contribution in [0.3, 0.4) is 0 Å². The van der Waals surface area contributed by atoms with Crippen molar-refractivity contribution in [3.63, 3.8) is 0 Å². The molecule has 1 aromatic heterocycles. The first kappa shape index (κ1) is 18.4. The summed E-state index contributed by atoms with van der Waals surface area (Å²) in [7, 11) is -1.86. The van der Waals surface area contributed by atoms with Crippen LogP contribution in [0.5, 0.6) is 0 Å². The minimum absolute atomic E-state index is 0. The minimum Gasteiger partial charge on any atom is -1.00 e. The van der Waals surface area contributed by atoms with Gasteiger partial charge in [-0.05, 0) is 36.4 Å². The largest absolute Gasteiger partial charge is 1.00 e. The maximum absolute atomic E-state index is 5.14. The Bertz CT molecular complexity index is 816. The maximum atomic E-state index is 5.14. The number of halogens is 1. The van der Waals surface area contributed by atoms with Crippen molar-refractivity contribution in [2.75, 3.05) is 0 Å². The van der Waals surface area contributed by atoms with E-state index in [-0.39, 0.29) is 12.4 Å². The van der Waals surface area contributed by atoms with Crippen molar-refractivity contribution < 1.29 is 16.9 Å². The molecule has 4 rings (SSSR count). The molecule has 0 amide bonds. The van der Waals surface area contributed by atoms with Crippen LogP contribution >= 0.6 is 7.26 Å². The van der Waals surface area contributed by atoms with Gasteiger partial charge in [-0.3, -0.25) is 0 Å². The first-order chi connectivity index (χ1) is 12.4. The monoisotopic (exact) mass is 379 g/mol. The van der Waals surface area contributed by atoms with Crippen molar-refractivity contribution in [3.05, 3.63) is 109 Å². The van der Waals surface area contributed by atoms with Gasteiger partial charge in [-0.2, -0.15) is 0 Å². The van der Waals surface area contributed by atoms with E-state index < -0.39 is 7.26 Å². The lowest BCUT2D eigenvalue weighted by Crippen LogP contribution is -3.00. The lowest BCUT2D eigenvalue weighted by molar-refractivity contribution is -0.00000521. The Morgan fingerprint density at radius 1 is 0.615 bits per heavy atom. The number of hydrogen-bond acceptors (Lipinski definition) is 2. The molecular formula is C22H19ClNOP. The molecule has 0 saturated carbocycles. The molecule has 0 unspecified atom stereocenters. The fourth-order valence-corrected chi connectivity index (χ4v) is 7.47. The molecule has 0 bridgehead atoms. The van der Waals surface area contributed by atoms with E-state index in [1.165, 1.54) is 15.9 Å². The van der Waals surface area contributed by atoms with E-state index in [0.717, 1.165) is 11.9 Å². The fraction of sp³-hybridized carbons (Fsp3) is 0.0455.